The smallest absolute Gasteiger partial charge is 0.328 e. The highest BCUT2D eigenvalue weighted by Gasteiger charge is 2.48. The number of urea groups is 1. The Balaban J connectivity index is 1.20. The van der Waals surface area contributed by atoms with Crippen LogP contribution in [0.1, 0.15) is 5.69 Å². The molecule has 1 fully saturated rings. The van der Waals surface area contributed by atoms with Crippen LogP contribution >= 0.6 is 0 Å². The summed E-state index contributed by atoms with van der Waals surface area (Å²) in [6.45, 7) is 0.0639. The number of carbonyl (C=O) groups excluding carboxylic acids is 3. The first-order chi connectivity index (χ1) is 15.4. The lowest BCUT2D eigenvalue weighted by molar-refractivity contribution is -0.136. The molecule has 2 aliphatic heterocycles. The first-order valence-corrected chi connectivity index (χ1v) is 9.97. The van der Waals surface area contributed by atoms with E-state index in [1.54, 1.807) is 13.1 Å². The highest BCUT2D eigenvalue weighted by Crippen LogP contribution is 2.28. The fourth-order valence-corrected chi connectivity index (χ4v) is 3.87. The Morgan fingerprint density at radius 2 is 1.97 bits per heavy atom. The molecule has 5 rings (SSSR count). The van der Waals surface area contributed by atoms with Gasteiger partial charge in [0.1, 0.15) is 11.3 Å². The predicted molar refractivity (Wildman–Crippen MR) is 112 cm³/mol. The number of carbonyl (C=O) groups is 3. The summed E-state index contributed by atoms with van der Waals surface area (Å²) in [6.07, 6.45) is 0.798. The van der Waals surface area contributed by atoms with E-state index in [0.717, 1.165) is 15.9 Å². The molecule has 2 aromatic heterocycles. The van der Waals surface area contributed by atoms with Gasteiger partial charge in [-0.05, 0) is 12.1 Å². The summed E-state index contributed by atoms with van der Waals surface area (Å²) in [6, 6.07) is 10.0. The molecule has 0 bridgehead atoms. The molecule has 0 saturated carbocycles. The summed E-state index contributed by atoms with van der Waals surface area (Å²) < 4.78 is 11.1. The number of fused-ring (bicyclic) bond motifs is 2. The van der Waals surface area contributed by atoms with Crippen molar-refractivity contribution < 1.29 is 23.3 Å². The minimum Gasteiger partial charge on any atom is -0.453 e. The van der Waals surface area contributed by atoms with Crippen LogP contribution in [0, 0.1) is 0 Å². The number of nitrogens with one attached hydrogen (secondary N) is 1. The standard InChI is InChI=1S/C21H20N6O5/c1-25-19-18(20(29)26(2)21(25)30)27(11-23-19)10-17(28)22-9-13-8-16(32-24-13)15-7-12-5-3-4-6-14(12)31-15/h3-8,11,18-19H,9-10H2,1-2H3,(H,22,28). The van der Waals surface area contributed by atoms with Gasteiger partial charge in [0.05, 0.1) is 19.4 Å². The second-order valence-electron chi connectivity index (χ2n) is 7.69. The van der Waals surface area contributed by atoms with Gasteiger partial charge in [-0.15, -0.1) is 0 Å². The Morgan fingerprint density at radius 1 is 1.16 bits per heavy atom. The van der Waals surface area contributed by atoms with Crippen molar-refractivity contribution in [2.24, 2.45) is 4.99 Å². The third-order valence-electron chi connectivity index (χ3n) is 5.60. The van der Waals surface area contributed by atoms with E-state index in [4.69, 9.17) is 8.94 Å². The van der Waals surface area contributed by atoms with E-state index in [9.17, 15) is 14.4 Å². The van der Waals surface area contributed by atoms with E-state index in [1.807, 2.05) is 30.3 Å². The largest absolute Gasteiger partial charge is 0.453 e. The number of aliphatic imine (C=N–C) groups is 1. The lowest BCUT2D eigenvalue weighted by atomic mass is 10.1. The monoisotopic (exact) mass is 436 g/mol. The normalized spacial score (nSPS) is 20.4. The van der Waals surface area contributed by atoms with E-state index in [0.29, 0.717) is 17.2 Å². The molecule has 0 radical (unpaired) electrons. The van der Waals surface area contributed by atoms with Gasteiger partial charge in [0.2, 0.25) is 11.7 Å². The van der Waals surface area contributed by atoms with Gasteiger partial charge in [-0.1, -0.05) is 23.4 Å². The number of rotatable bonds is 5. The number of aromatic nitrogens is 1. The van der Waals surface area contributed by atoms with Crippen LogP contribution in [0.3, 0.4) is 0 Å². The second-order valence-corrected chi connectivity index (χ2v) is 7.69. The van der Waals surface area contributed by atoms with Gasteiger partial charge < -0.3 is 24.1 Å². The lowest BCUT2D eigenvalue weighted by Gasteiger charge is -2.39. The number of para-hydroxylation sites is 1. The third-order valence-corrected chi connectivity index (χ3v) is 5.60. The van der Waals surface area contributed by atoms with E-state index < -0.39 is 24.1 Å². The molecule has 3 aromatic rings. The Labute approximate surface area is 182 Å². The maximum absolute atomic E-state index is 12.5. The average molecular weight is 436 g/mol. The van der Waals surface area contributed by atoms with Gasteiger partial charge >= 0.3 is 6.03 Å². The summed E-state index contributed by atoms with van der Waals surface area (Å²) >= 11 is 0. The van der Waals surface area contributed by atoms with Gasteiger partial charge in [-0.3, -0.25) is 14.5 Å². The molecule has 0 aliphatic carbocycles. The molecule has 2 unspecified atom stereocenters. The summed E-state index contributed by atoms with van der Waals surface area (Å²) in [5.41, 5.74) is 1.27. The zero-order valence-electron chi connectivity index (χ0n) is 17.4. The zero-order valence-corrected chi connectivity index (χ0v) is 17.4. The predicted octanol–water partition coefficient (Wildman–Crippen LogP) is 1.27. The molecule has 4 amide bonds. The molecule has 11 nitrogen and oxygen atoms in total. The molecule has 11 heteroatoms. The van der Waals surface area contributed by atoms with Crippen molar-refractivity contribution in [2.45, 2.75) is 18.8 Å². The van der Waals surface area contributed by atoms with Crippen LogP contribution < -0.4 is 5.32 Å². The number of hydrogen-bond acceptors (Lipinski definition) is 8. The zero-order chi connectivity index (χ0) is 22.4. The van der Waals surface area contributed by atoms with Gasteiger partial charge in [0.15, 0.2) is 18.0 Å². The highest BCUT2D eigenvalue weighted by molar-refractivity contribution is 6.02. The van der Waals surface area contributed by atoms with Gasteiger partial charge in [-0.25, -0.2) is 9.79 Å². The molecule has 2 aliphatic rings. The topological polar surface area (TPSA) is 124 Å². The fraction of sp³-hybridized carbons (Fsp3) is 0.286. The molecule has 1 saturated heterocycles. The van der Waals surface area contributed by atoms with E-state index >= 15 is 0 Å². The van der Waals surface area contributed by atoms with Crippen LogP contribution in [0.4, 0.5) is 4.79 Å². The Morgan fingerprint density at radius 3 is 2.78 bits per heavy atom. The van der Waals surface area contributed by atoms with Crippen molar-refractivity contribution in [1.29, 1.82) is 0 Å². The molecule has 4 heterocycles. The lowest BCUT2D eigenvalue weighted by Crippen LogP contribution is -2.64. The van der Waals surface area contributed by atoms with Crippen LogP contribution in [0.2, 0.25) is 0 Å². The van der Waals surface area contributed by atoms with Crippen LogP contribution in [0.15, 0.2) is 50.3 Å². The number of nitrogens with zero attached hydrogens (tertiary/aromatic N) is 5. The van der Waals surface area contributed by atoms with Gasteiger partial charge in [-0.2, -0.15) is 0 Å². The Kier molecular flexibility index (Phi) is 4.65. The molecule has 32 heavy (non-hydrogen) atoms. The minimum atomic E-state index is -0.722. The summed E-state index contributed by atoms with van der Waals surface area (Å²) in [5.74, 6) is 0.300. The van der Waals surface area contributed by atoms with Crippen LogP contribution in [0.25, 0.3) is 22.5 Å². The molecule has 164 valence electrons. The number of likely N-dealkylation sites (N-methyl/N-ethyl adjacent to an activating group) is 2. The Hall–Kier alpha value is -4.15. The first kappa shape index (κ1) is 19.8. The summed E-state index contributed by atoms with van der Waals surface area (Å²) in [5, 5.41) is 7.69. The SMILES string of the molecule is CN1C(=O)C2C(N=CN2CC(=O)NCc2cc(-c3cc4ccccc4o3)on2)N(C)C1=O. The van der Waals surface area contributed by atoms with E-state index in [-0.39, 0.29) is 19.0 Å². The van der Waals surface area contributed by atoms with Crippen molar-refractivity contribution in [3.05, 3.63) is 42.1 Å². The maximum atomic E-state index is 12.5. The maximum Gasteiger partial charge on any atom is 0.328 e. The van der Waals surface area contributed by atoms with Gasteiger partial charge in [0, 0.05) is 25.5 Å². The van der Waals surface area contributed by atoms with E-state index in [1.165, 1.54) is 23.2 Å². The van der Waals surface area contributed by atoms with Crippen LogP contribution in [0.5, 0.6) is 0 Å². The van der Waals surface area contributed by atoms with Crippen molar-refractivity contribution in [3.8, 4) is 11.5 Å². The number of benzene rings is 1. The van der Waals surface area contributed by atoms with E-state index in [2.05, 4.69) is 15.5 Å². The summed E-state index contributed by atoms with van der Waals surface area (Å²) in [7, 11) is 2.99. The molecule has 1 aromatic carbocycles. The van der Waals surface area contributed by atoms with Crippen molar-refractivity contribution in [1.82, 2.24) is 25.2 Å². The fourth-order valence-electron chi connectivity index (χ4n) is 3.87. The van der Waals surface area contributed by atoms with Crippen LogP contribution in [-0.4, -0.2) is 76.9 Å². The molecular weight excluding hydrogens is 416 g/mol. The summed E-state index contributed by atoms with van der Waals surface area (Å²) in [4.78, 5) is 45.2. The number of imide groups is 1. The average Bonchev–Trinajstić information content (AvgIpc) is 3.52. The van der Waals surface area contributed by atoms with Crippen molar-refractivity contribution in [3.63, 3.8) is 0 Å². The molecule has 0 spiro atoms. The minimum absolute atomic E-state index is 0.0828. The number of hydrogen-bond donors (Lipinski definition) is 1. The number of amides is 4. The second kappa shape index (κ2) is 7.52. The first-order valence-electron chi connectivity index (χ1n) is 9.97. The molecule has 2 atom stereocenters. The number of furan rings is 1. The Bertz CT molecular complexity index is 1210. The molecule has 1 N–H and O–H groups in total. The van der Waals surface area contributed by atoms with Crippen LogP contribution in [-0.2, 0) is 16.1 Å². The quantitative estimate of drug-likeness (QED) is 0.638. The highest BCUT2D eigenvalue weighted by atomic mass is 16.5. The van der Waals surface area contributed by atoms with Gasteiger partial charge in [0.25, 0.3) is 5.91 Å². The molecular formula is C21H20N6O5. The van der Waals surface area contributed by atoms with Crippen molar-refractivity contribution in [2.75, 3.05) is 20.6 Å². The third kappa shape index (κ3) is 3.27. The van der Waals surface area contributed by atoms with Crippen molar-refractivity contribution >= 4 is 35.2 Å².